The highest BCUT2D eigenvalue weighted by Crippen LogP contribution is 2.11. The summed E-state index contributed by atoms with van der Waals surface area (Å²) in [5.74, 6) is 0.151. The van der Waals surface area contributed by atoms with E-state index in [0.29, 0.717) is 5.76 Å². The number of thiocarbonyl (C=S) groups is 1. The van der Waals surface area contributed by atoms with Gasteiger partial charge in [0.1, 0.15) is 11.5 Å². The first-order valence-electron chi connectivity index (χ1n) is 7.25. The number of amides is 2. The first-order valence-corrected chi connectivity index (χ1v) is 7.66. The molecule has 2 aromatic rings. The Labute approximate surface area is 153 Å². The molecule has 2 rings (SSSR count). The van der Waals surface area contributed by atoms with E-state index in [1.54, 1.807) is 19.1 Å². The van der Waals surface area contributed by atoms with E-state index < -0.39 is 16.7 Å². The summed E-state index contributed by atoms with van der Waals surface area (Å²) in [7, 11) is 0. The number of nitro benzene ring substituents is 1. The van der Waals surface area contributed by atoms with Gasteiger partial charge < -0.3 is 4.42 Å². The molecule has 26 heavy (non-hydrogen) atoms. The van der Waals surface area contributed by atoms with Crippen LogP contribution in [0.1, 0.15) is 21.9 Å². The molecule has 0 atom stereocenters. The Kier molecular flexibility index (Phi) is 6.17. The van der Waals surface area contributed by atoms with Gasteiger partial charge in [0.2, 0.25) is 5.91 Å². The smallest absolute Gasteiger partial charge is 0.269 e. The van der Waals surface area contributed by atoms with E-state index in [1.807, 2.05) is 0 Å². The average molecular weight is 374 g/mol. The number of carbonyl (C=O) groups excluding carboxylic acids is 2. The fraction of sp³-hybridized carbons (Fsp3) is 0.0625. The third-order valence-electron chi connectivity index (χ3n) is 3.03. The summed E-state index contributed by atoms with van der Waals surface area (Å²) in [4.78, 5) is 33.6. The van der Waals surface area contributed by atoms with Crippen LogP contribution in [0.3, 0.4) is 0 Å². The monoisotopic (exact) mass is 374 g/mol. The van der Waals surface area contributed by atoms with Crippen molar-refractivity contribution in [2.24, 2.45) is 0 Å². The molecule has 0 saturated carbocycles. The molecular formula is C16H14N4O5S. The van der Waals surface area contributed by atoms with Crippen LogP contribution in [0.2, 0.25) is 0 Å². The van der Waals surface area contributed by atoms with Gasteiger partial charge in [0.15, 0.2) is 5.11 Å². The number of aryl methyl sites for hydroxylation is 1. The Hall–Kier alpha value is -3.53. The molecule has 9 nitrogen and oxygen atoms in total. The average Bonchev–Trinajstić information content (AvgIpc) is 3.03. The summed E-state index contributed by atoms with van der Waals surface area (Å²) in [5, 5.41) is 12.8. The highest BCUT2D eigenvalue weighted by Gasteiger charge is 2.10. The second-order valence-electron chi connectivity index (χ2n) is 4.98. The van der Waals surface area contributed by atoms with Gasteiger partial charge >= 0.3 is 0 Å². The largest absolute Gasteiger partial charge is 0.462 e. The van der Waals surface area contributed by atoms with Crippen molar-refractivity contribution in [3.05, 3.63) is 69.7 Å². The maximum absolute atomic E-state index is 11.9. The van der Waals surface area contributed by atoms with Crippen LogP contribution in [0.5, 0.6) is 0 Å². The standard InChI is InChI=1S/C16H14N4O5S/c1-10-2-7-13(25-10)8-9-14(21)17-16(26)19-18-15(22)11-3-5-12(6-4-11)20(23)24/h2-9H,1H3,(H,18,22)(H2,17,19,21,26). The maximum Gasteiger partial charge on any atom is 0.269 e. The van der Waals surface area contributed by atoms with Crippen LogP contribution in [-0.2, 0) is 4.79 Å². The Morgan fingerprint density at radius 3 is 2.42 bits per heavy atom. The van der Waals surface area contributed by atoms with Gasteiger partial charge in [-0.15, -0.1) is 0 Å². The summed E-state index contributed by atoms with van der Waals surface area (Å²) in [6.45, 7) is 1.78. The van der Waals surface area contributed by atoms with Gasteiger partial charge in [-0.25, -0.2) is 0 Å². The third-order valence-corrected chi connectivity index (χ3v) is 3.23. The van der Waals surface area contributed by atoms with E-state index in [0.717, 1.165) is 5.76 Å². The normalized spacial score (nSPS) is 10.3. The minimum absolute atomic E-state index is 0.120. The van der Waals surface area contributed by atoms with Crippen molar-refractivity contribution in [3.63, 3.8) is 0 Å². The predicted octanol–water partition coefficient (Wildman–Crippen LogP) is 1.85. The number of non-ortho nitro benzene ring substituents is 1. The highest BCUT2D eigenvalue weighted by molar-refractivity contribution is 7.80. The molecule has 0 aliphatic rings. The number of furan rings is 1. The number of hydrogen-bond acceptors (Lipinski definition) is 6. The van der Waals surface area contributed by atoms with Crippen molar-refractivity contribution in [1.82, 2.24) is 16.2 Å². The summed E-state index contributed by atoms with van der Waals surface area (Å²) in [6.07, 6.45) is 2.70. The lowest BCUT2D eigenvalue weighted by Crippen LogP contribution is -2.48. The van der Waals surface area contributed by atoms with Crippen LogP contribution in [0.25, 0.3) is 6.08 Å². The van der Waals surface area contributed by atoms with Crippen molar-refractivity contribution >= 4 is 40.9 Å². The number of carbonyl (C=O) groups is 2. The second-order valence-corrected chi connectivity index (χ2v) is 5.39. The SMILES string of the molecule is Cc1ccc(C=CC(=O)NC(=S)NNC(=O)c2ccc([N+](=O)[O-])cc2)o1. The molecule has 3 N–H and O–H groups in total. The van der Waals surface area contributed by atoms with Crippen molar-refractivity contribution in [3.8, 4) is 0 Å². The second kappa shape index (κ2) is 8.53. The van der Waals surface area contributed by atoms with E-state index in [2.05, 4.69) is 16.2 Å². The molecule has 10 heteroatoms. The summed E-state index contributed by atoms with van der Waals surface area (Å²) >= 11 is 4.88. The topological polar surface area (TPSA) is 127 Å². The zero-order valence-corrected chi connectivity index (χ0v) is 14.3. The molecule has 1 aromatic carbocycles. The zero-order chi connectivity index (χ0) is 19.1. The molecular weight excluding hydrogens is 360 g/mol. The lowest BCUT2D eigenvalue weighted by Gasteiger charge is -2.09. The molecule has 2 amide bonds. The van der Waals surface area contributed by atoms with Crippen LogP contribution in [-0.4, -0.2) is 21.9 Å². The molecule has 0 saturated heterocycles. The summed E-state index contributed by atoms with van der Waals surface area (Å²) in [5.41, 5.74) is 4.69. The lowest BCUT2D eigenvalue weighted by molar-refractivity contribution is -0.384. The first-order chi connectivity index (χ1) is 12.3. The van der Waals surface area contributed by atoms with E-state index in [9.17, 15) is 19.7 Å². The highest BCUT2D eigenvalue weighted by atomic mass is 32.1. The molecule has 0 unspecified atom stereocenters. The van der Waals surface area contributed by atoms with Gasteiger partial charge in [-0.3, -0.25) is 35.9 Å². The molecule has 1 heterocycles. The van der Waals surface area contributed by atoms with Gasteiger partial charge in [-0.1, -0.05) is 0 Å². The number of nitrogens with zero attached hydrogens (tertiary/aromatic N) is 1. The van der Waals surface area contributed by atoms with Crippen LogP contribution in [0, 0.1) is 17.0 Å². The molecule has 0 bridgehead atoms. The molecule has 0 aliphatic carbocycles. The Bertz CT molecular complexity index is 873. The van der Waals surface area contributed by atoms with E-state index in [1.165, 1.54) is 36.4 Å². The van der Waals surface area contributed by atoms with Gasteiger partial charge in [0, 0.05) is 23.8 Å². The molecule has 0 fully saturated rings. The lowest BCUT2D eigenvalue weighted by atomic mass is 10.2. The zero-order valence-electron chi connectivity index (χ0n) is 13.5. The number of nitrogens with one attached hydrogen (secondary N) is 3. The van der Waals surface area contributed by atoms with Gasteiger partial charge in [-0.2, -0.15) is 0 Å². The maximum atomic E-state index is 11.9. The van der Waals surface area contributed by atoms with Crippen molar-refractivity contribution in [2.75, 3.05) is 0 Å². The molecule has 1 aromatic heterocycles. The van der Waals surface area contributed by atoms with Gasteiger partial charge in [-0.05, 0) is 49.5 Å². The van der Waals surface area contributed by atoms with Crippen molar-refractivity contribution < 1.29 is 18.9 Å². The number of rotatable bonds is 4. The van der Waals surface area contributed by atoms with Crippen LogP contribution in [0.4, 0.5) is 5.69 Å². The van der Waals surface area contributed by atoms with E-state index >= 15 is 0 Å². The molecule has 0 radical (unpaired) electrons. The Morgan fingerprint density at radius 1 is 1.15 bits per heavy atom. The Balaban J connectivity index is 1.80. The predicted molar refractivity (Wildman–Crippen MR) is 96.9 cm³/mol. The number of nitro groups is 1. The van der Waals surface area contributed by atoms with Crippen LogP contribution < -0.4 is 16.2 Å². The minimum Gasteiger partial charge on any atom is -0.462 e. The Morgan fingerprint density at radius 2 is 1.85 bits per heavy atom. The molecule has 0 aliphatic heterocycles. The van der Waals surface area contributed by atoms with Crippen molar-refractivity contribution in [1.29, 1.82) is 0 Å². The first kappa shape index (κ1) is 18.8. The number of hydrazine groups is 1. The molecule has 0 spiro atoms. The fourth-order valence-corrected chi connectivity index (χ4v) is 1.96. The van der Waals surface area contributed by atoms with Crippen LogP contribution in [0.15, 0.2) is 46.9 Å². The number of hydrogen-bond donors (Lipinski definition) is 3. The number of benzene rings is 1. The van der Waals surface area contributed by atoms with Gasteiger partial charge in [0.25, 0.3) is 11.6 Å². The fourth-order valence-electron chi connectivity index (χ4n) is 1.81. The third kappa shape index (κ3) is 5.53. The summed E-state index contributed by atoms with van der Waals surface area (Å²) in [6, 6.07) is 8.47. The van der Waals surface area contributed by atoms with E-state index in [-0.39, 0.29) is 16.4 Å². The van der Waals surface area contributed by atoms with Crippen molar-refractivity contribution in [2.45, 2.75) is 6.92 Å². The van der Waals surface area contributed by atoms with Crippen LogP contribution >= 0.6 is 12.2 Å². The quantitative estimate of drug-likeness (QED) is 0.323. The van der Waals surface area contributed by atoms with Gasteiger partial charge in [0.05, 0.1) is 4.92 Å². The van der Waals surface area contributed by atoms with E-state index in [4.69, 9.17) is 16.6 Å². The minimum atomic E-state index is -0.571. The molecule has 134 valence electrons. The summed E-state index contributed by atoms with van der Waals surface area (Å²) < 4.78 is 5.28.